The maximum absolute atomic E-state index is 13.2. The number of halogens is 3. The highest BCUT2D eigenvalue weighted by molar-refractivity contribution is 9.10. The molecule has 0 spiro atoms. The molecule has 0 aliphatic rings. The number of rotatable bonds is 6. The summed E-state index contributed by atoms with van der Waals surface area (Å²) < 4.78 is 13.5. The molecule has 0 saturated carbocycles. The smallest absolute Gasteiger partial charge is 0.288 e. The molecule has 0 aliphatic carbocycles. The molecular formula is C18H16BrClFN3O4. The second-order valence-corrected chi connectivity index (χ2v) is 7.49. The van der Waals surface area contributed by atoms with Gasteiger partial charge in [0, 0.05) is 16.1 Å². The van der Waals surface area contributed by atoms with E-state index in [4.69, 9.17) is 11.6 Å². The van der Waals surface area contributed by atoms with Crippen molar-refractivity contribution >= 4 is 50.7 Å². The van der Waals surface area contributed by atoms with Crippen molar-refractivity contribution in [2.45, 2.75) is 19.9 Å². The van der Waals surface area contributed by atoms with Crippen molar-refractivity contribution in [3.05, 3.63) is 67.4 Å². The molecule has 2 rings (SSSR count). The molecule has 2 N–H and O–H groups in total. The number of nitrogens with one attached hydrogen (secondary N) is 2. The fourth-order valence-corrected chi connectivity index (χ4v) is 2.99. The minimum atomic E-state index is -0.931. The topological polar surface area (TPSA) is 101 Å². The monoisotopic (exact) mass is 471 g/mol. The van der Waals surface area contributed by atoms with Crippen LogP contribution in [-0.2, 0) is 4.79 Å². The van der Waals surface area contributed by atoms with Gasteiger partial charge in [-0.1, -0.05) is 25.4 Å². The van der Waals surface area contributed by atoms with Crippen LogP contribution in [-0.4, -0.2) is 22.8 Å². The number of nitrogens with zero attached hydrogens (tertiary/aromatic N) is 1. The summed E-state index contributed by atoms with van der Waals surface area (Å²) in [5.74, 6) is -1.93. The van der Waals surface area contributed by atoms with Crippen LogP contribution in [0.4, 0.5) is 15.8 Å². The van der Waals surface area contributed by atoms with Gasteiger partial charge in [0.25, 0.3) is 11.6 Å². The molecule has 0 fully saturated rings. The Morgan fingerprint density at radius 3 is 2.46 bits per heavy atom. The van der Waals surface area contributed by atoms with Crippen LogP contribution in [0.15, 0.2) is 40.9 Å². The number of carbonyl (C=O) groups excluding carboxylic acids is 2. The summed E-state index contributed by atoms with van der Waals surface area (Å²) in [5.41, 5.74) is -0.0685. The number of amides is 2. The van der Waals surface area contributed by atoms with Gasteiger partial charge < -0.3 is 10.6 Å². The zero-order valence-corrected chi connectivity index (χ0v) is 17.2. The Labute approximate surface area is 173 Å². The summed E-state index contributed by atoms with van der Waals surface area (Å²) in [6.45, 7) is 3.46. The Morgan fingerprint density at radius 2 is 1.89 bits per heavy atom. The summed E-state index contributed by atoms with van der Waals surface area (Å²) in [5, 5.41) is 16.1. The van der Waals surface area contributed by atoms with Crippen molar-refractivity contribution in [3.63, 3.8) is 0 Å². The van der Waals surface area contributed by atoms with E-state index in [1.165, 1.54) is 30.3 Å². The van der Waals surface area contributed by atoms with Crippen LogP contribution in [0.25, 0.3) is 0 Å². The Hall–Kier alpha value is -2.52. The van der Waals surface area contributed by atoms with Gasteiger partial charge in [-0.05, 0) is 52.2 Å². The van der Waals surface area contributed by atoms with Gasteiger partial charge in [0.05, 0.1) is 10.6 Å². The van der Waals surface area contributed by atoms with Crippen molar-refractivity contribution in [1.29, 1.82) is 0 Å². The van der Waals surface area contributed by atoms with E-state index in [0.717, 1.165) is 6.07 Å². The normalized spacial score (nSPS) is 11.8. The molecule has 7 nitrogen and oxygen atoms in total. The molecule has 10 heteroatoms. The van der Waals surface area contributed by atoms with Gasteiger partial charge in [0.1, 0.15) is 16.9 Å². The second kappa shape index (κ2) is 9.11. The van der Waals surface area contributed by atoms with Gasteiger partial charge >= 0.3 is 0 Å². The third kappa shape index (κ3) is 5.26. The van der Waals surface area contributed by atoms with Crippen LogP contribution >= 0.6 is 27.5 Å². The van der Waals surface area contributed by atoms with Gasteiger partial charge in [0.15, 0.2) is 0 Å². The van der Waals surface area contributed by atoms with Crippen molar-refractivity contribution < 1.29 is 18.9 Å². The SMILES string of the molecule is CC(C)C(NC(=O)c1ccc(Cl)c([N+](=O)[O-])c1)C(=O)Nc1ccc(F)cc1Br. The zero-order valence-electron chi connectivity index (χ0n) is 14.8. The molecule has 28 heavy (non-hydrogen) atoms. The van der Waals surface area contributed by atoms with Gasteiger partial charge in [0.2, 0.25) is 5.91 Å². The van der Waals surface area contributed by atoms with Gasteiger partial charge in [-0.2, -0.15) is 0 Å². The predicted molar refractivity (Wildman–Crippen MR) is 107 cm³/mol. The lowest BCUT2D eigenvalue weighted by molar-refractivity contribution is -0.384. The average Bonchev–Trinajstić information content (AvgIpc) is 2.61. The standard InChI is InChI=1S/C18H16BrClFN3O4/c1-9(2)16(18(26)22-14-6-4-11(21)8-12(14)19)23-17(25)10-3-5-13(20)15(7-10)24(27)28/h3-9,16H,1-2H3,(H,22,26)(H,23,25). The Balaban J connectivity index is 2.20. The zero-order chi connectivity index (χ0) is 21.0. The summed E-state index contributed by atoms with van der Waals surface area (Å²) in [6, 6.07) is 6.47. The van der Waals surface area contributed by atoms with E-state index in [-0.39, 0.29) is 16.5 Å². The first-order valence-electron chi connectivity index (χ1n) is 8.11. The lowest BCUT2D eigenvalue weighted by Gasteiger charge is -2.22. The van der Waals surface area contributed by atoms with E-state index < -0.39 is 34.3 Å². The molecule has 0 radical (unpaired) electrons. The largest absolute Gasteiger partial charge is 0.340 e. The highest BCUT2D eigenvalue weighted by Gasteiger charge is 2.26. The van der Waals surface area contributed by atoms with Crippen molar-refractivity contribution in [2.24, 2.45) is 5.92 Å². The molecule has 0 aliphatic heterocycles. The minimum absolute atomic E-state index is 0.00230. The minimum Gasteiger partial charge on any atom is -0.340 e. The molecule has 1 atom stereocenters. The van der Waals surface area contributed by atoms with Crippen molar-refractivity contribution in [3.8, 4) is 0 Å². The first kappa shape index (κ1) is 21.8. The van der Waals surface area contributed by atoms with Crippen LogP contribution in [0.5, 0.6) is 0 Å². The number of hydrogen-bond donors (Lipinski definition) is 2. The molecule has 0 heterocycles. The van der Waals surface area contributed by atoms with Gasteiger partial charge in [-0.3, -0.25) is 19.7 Å². The Bertz CT molecular complexity index is 939. The lowest BCUT2D eigenvalue weighted by Crippen LogP contribution is -2.47. The van der Waals surface area contributed by atoms with Crippen molar-refractivity contribution in [1.82, 2.24) is 5.32 Å². The first-order chi connectivity index (χ1) is 13.1. The summed E-state index contributed by atoms with van der Waals surface area (Å²) in [6.07, 6.45) is 0. The molecule has 2 aromatic rings. The van der Waals surface area contributed by atoms with Crippen molar-refractivity contribution in [2.75, 3.05) is 5.32 Å². The predicted octanol–water partition coefficient (Wildman–Crippen LogP) is 4.54. The number of hydrogen-bond acceptors (Lipinski definition) is 4. The fourth-order valence-electron chi connectivity index (χ4n) is 2.35. The van der Waals surface area contributed by atoms with Crippen LogP contribution in [0.3, 0.4) is 0 Å². The van der Waals surface area contributed by atoms with Crippen LogP contribution in [0, 0.1) is 21.8 Å². The number of nitro benzene ring substituents is 1. The second-order valence-electron chi connectivity index (χ2n) is 6.23. The summed E-state index contributed by atoms with van der Waals surface area (Å²) in [4.78, 5) is 35.4. The molecule has 2 aromatic carbocycles. The molecule has 1 unspecified atom stereocenters. The van der Waals surface area contributed by atoms with E-state index in [9.17, 15) is 24.1 Å². The summed E-state index contributed by atoms with van der Waals surface area (Å²) >= 11 is 8.91. The molecule has 0 aromatic heterocycles. The van der Waals surface area contributed by atoms with Crippen LogP contribution in [0.2, 0.25) is 5.02 Å². The highest BCUT2D eigenvalue weighted by atomic mass is 79.9. The van der Waals surface area contributed by atoms with E-state index in [0.29, 0.717) is 10.2 Å². The Kier molecular flexibility index (Phi) is 7.09. The van der Waals surface area contributed by atoms with E-state index >= 15 is 0 Å². The van der Waals surface area contributed by atoms with E-state index in [2.05, 4.69) is 26.6 Å². The molecule has 0 saturated heterocycles. The van der Waals surface area contributed by atoms with Crippen LogP contribution < -0.4 is 10.6 Å². The number of carbonyl (C=O) groups is 2. The molecule has 2 amide bonds. The maximum atomic E-state index is 13.2. The molecular weight excluding hydrogens is 457 g/mol. The average molecular weight is 473 g/mol. The Morgan fingerprint density at radius 1 is 1.21 bits per heavy atom. The van der Waals surface area contributed by atoms with E-state index in [1.54, 1.807) is 13.8 Å². The number of anilines is 1. The first-order valence-corrected chi connectivity index (χ1v) is 9.28. The highest BCUT2D eigenvalue weighted by Crippen LogP contribution is 2.26. The number of benzene rings is 2. The number of nitro groups is 1. The lowest BCUT2D eigenvalue weighted by atomic mass is 10.0. The summed E-state index contributed by atoms with van der Waals surface area (Å²) in [7, 11) is 0. The third-order valence-corrected chi connectivity index (χ3v) is 4.81. The maximum Gasteiger partial charge on any atom is 0.288 e. The molecule has 0 bridgehead atoms. The van der Waals surface area contributed by atoms with E-state index in [1.807, 2.05) is 0 Å². The third-order valence-electron chi connectivity index (χ3n) is 3.83. The van der Waals surface area contributed by atoms with Gasteiger partial charge in [-0.15, -0.1) is 0 Å². The van der Waals surface area contributed by atoms with Crippen LogP contribution in [0.1, 0.15) is 24.2 Å². The molecule has 148 valence electrons. The quantitative estimate of drug-likeness (QED) is 0.476. The van der Waals surface area contributed by atoms with Gasteiger partial charge in [-0.25, -0.2) is 4.39 Å². The fraction of sp³-hybridized carbons (Fsp3) is 0.222.